The summed E-state index contributed by atoms with van der Waals surface area (Å²) in [7, 11) is 0. The van der Waals surface area contributed by atoms with Crippen molar-refractivity contribution in [2.45, 2.75) is 27.2 Å². The predicted octanol–water partition coefficient (Wildman–Crippen LogP) is 2.84. The molecule has 2 aromatic rings. The van der Waals surface area contributed by atoms with Crippen molar-refractivity contribution in [1.29, 1.82) is 0 Å². The molecule has 1 N–H and O–H groups in total. The molecule has 0 aliphatic carbocycles. The summed E-state index contributed by atoms with van der Waals surface area (Å²) in [5, 5.41) is 8.87. The van der Waals surface area contributed by atoms with Crippen LogP contribution in [0, 0.1) is 26.6 Å². The zero-order valence-corrected chi connectivity index (χ0v) is 11.6. The topological polar surface area (TPSA) is 63.1 Å². The molecule has 0 saturated carbocycles. The predicted molar refractivity (Wildman–Crippen MR) is 73.0 cm³/mol. The van der Waals surface area contributed by atoms with Crippen molar-refractivity contribution in [3.63, 3.8) is 0 Å². The number of carboxylic acid groups (broad SMARTS) is 1. The Bertz CT molecular complexity index is 640. The lowest BCUT2D eigenvalue weighted by atomic mass is 10.1. The number of halogens is 1. The quantitative estimate of drug-likeness (QED) is 0.934. The number of nitrogens with zero attached hydrogens (tertiary/aromatic N) is 2. The van der Waals surface area contributed by atoms with Gasteiger partial charge in [-0.15, -0.1) is 0 Å². The van der Waals surface area contributed by atoms with Crippen molar-refractivity contribution >= 4 is 5.97 Å². The van der Waals surface area contributed by atoms with E-state index in [2.05, 4.69) is 9.97 Å². The molecule has 0 aliphatic rings. The first kappa shape index (κ1) is 14.1. The molecule has 2 rings (SSSR count). The van der Waals surface area contributed by atoms with Crippen LogP contribution in [-0.2, 0) is 11.2 Å². The second-order valence-corrected chi connectivity index (χ2v) is 4.78. The monoisotopic (exact) mass is 274 g/mol. The van der Waals surface area contributed by atoms with Crippen LogP contribution in [0.15, 0.2) is 18.2 Å². The molecule has 5 heteroatoms. The molecule has 1 aromatic heterocycles. The van der Waals surface area contributed by atoms with Crippen LogP contribution in [-0.4, -0.2) is 21.0 Å². The van der Waals surface area contributed by atoms with E-state index in [9.17, 15) is 9.18 Å². The summed E-state index contributed by atoms with van der Waals surface area (Å²) in [6, 6.07) is 4.61. The maximum Gasteiger partial charge on any atom is 0.307 e. The van der Waals surface area contributed by atoms with Crippen LogP contribution in [0.3, 0.4) is 0 Å². The van der Waals surface area contributed by atoms with E-state index in [4.69, 9.17) is 5.11 Å². The minimum absolute atomic E-state index is 0.111. The van der Waals surface area contributed by atoms with Gasteiger partial charge < -0.3 is 5.11 Å². The zero-order chi connectivity index (χ0) is 14.9. The number of hydrogen-bond donors (Lipinski definition) is 1. The Morgan fingerprint density at radius 3 is 2.25 bits per heavy atom. The largest absolute Gasteiger partial charge is 0.481 e. The van der Waals surface area contributed by atoms with Crippen LogP contribution in [0.1, 0.15) is 22.5 Å². The van der Waals surface area contributed by atoms with E-state index in [1.807, 2.05) is 0 Å². The number of carboxylic acids is 1. The summed E-state index contributed by atoms with van der Waals surface area (Å²) >= 11 is 0. The Morgan fingerprint density at radius 1 is 1.15 bits per heavy atom. The third-order valence-electron chi connectivity index (χ3n) is 3.05. The zero-order valence-electron chi connectivity index (χ0n) is 11.6. The number of aryl methyl sites for hydroxylation is 3. The molecule has 0 bridgehead atoms. The van der Waals surface area contributed by atoms with Crippen LogP contribution >= 0.6 is 0 Å². The molecule has 0 radical (unpaired) electrons. The highest BCUT2D eigenvalue weighted by atomic mass is 19.1. The van der Waals surface area contributed by atoms with Crippen molar-refractivity contribution in [3.05, 3.63) is 46.5 Å². The van der Waals surface area contributed by atoms with E-state index < -0.39 is 5.97 Å². The van der Waals surface area contributed by atoms with Crippen LogP contribution in [0.4, 0.5) is 4.39 Å². The molecular weight excluding hydrogens is 259 g/mol. The van der Waals surface area contributed by atoms with E-state index in [1.165, 1.54) is 12.1 Å². The fourth-order valence-corrected chi connectivity index (χ4v) is 2.14. The fraction of sp³-hybridized carbons (Fsp3) is 0.267. The van der Waals surface area contributed by atoms with Gasteiger partial charge in [0.05, 0.1) is 6.42 Å². The standard InChI is InChI=1S/C15H15FN2O2/c1-8-4-11(6-12(16)5-8)15-17-9(2)13(7-14(19)20)10(3)18-15/h4-6H,7H2,1-3H3,(H,19,20). The Morgan fingerprint density at radius 2 is 1.75 bits per heavy atom. The highest BCUT2D eigenvalue weighted by Crippen LogP contribution is 2.21. The molecule has 104 valence electrons. The number of aliphatic carboxylic acids is 1. The van der Waals surface area contributed by atoms with E-state index in [-0.39, 0.29) is 12.2 Å². The summed E-state index contributed by atoms with van der Waals surface area (Å²) in [5.41, 5.74) is 3.20. The highest BCUT2D eigenvalue weighted by Gasteiger charge is 2.13. The molecule has 0 atom stereocenters. The first-order chi connectivity index (χ1) is 9.36. The van der Waals surface area contributed by atoms with Crippen molar-refractivity contribution < 1.29 is 14.3 Å². The van der Waals surface area contributed by atoms with Crippen LogP contribution in [0.5, 0.6) is 0 Å². The van der Waals surface area contributed by atoms with Gasteiger partial charge in [0.25, 0.3) is 0 Å². The normalized spacial score (nSPS) is 10.6. The van der Waals surface area contributed by atoms with Crippen molar-refractivity contribution in [2.75, 3.05) is 0 Å². The van der Waals surface area contributed by atoms with Crippen LogP contribution in [0.2, 0.25) is 0 Å². The van der Waals surface area contributed by atoms with E-state index in [1.54, 1.807) is 26.8 Å². The Hall–Kier alpha value is -2.30. The molecule has 0 saturated heterocycles. The lowest BCUT2D eigenvalue weighted by Gasteiger charge is -2.10. The first-order valence-electron chi connectivity index (χ1n) is 6.20. The lowest BCUT2D eigenvalue weighted by Crippen LogP contribution is -2.08. The number of benzene rings is 1. The molecule has 1 aromatic carbocycles. The van der Waals surface area contributed by atoms with Crippen molar-refractivity contribution in [2.24, 2.45) is 0 Å². The molecule has 0 amide bonds. The summed E-state index contributed by atoms with van der Waals surface area (Å²) in [4.78, 5) is 19.4. The lowest BCUT2D eigenvalue weighted by molar-refractivity contribution is -0.136. The first-order valence-corrected chi connectivity index (χ1v) is 6.20. The van der Waals surface area contributed by atoms with Gasteiger partial charge in [-0.25, -0.2) is 14.4 Å². The Balaban J connectivity index is 2.51. The minimum Gasteiger partial charge on any atom is -0.481 e. The molecule has 0 aliphatic heterocycles. The fourth-order valence-electron chi connectivity index (χ4n) is 2.14. The summed E-state index contributed by atoms with van der Waals surface area (Å²) in [6.07, 6.45) is -0.111. The minimum atomic E-state index is -0.922. The molecule has 1 heterocycles. The molecule has 0 fully saturated rings. The third kappa shape index (κ3) is 2.99. The van der Waals surface area contributed by atoms with E-state index in [0.717, 1.165) is 5.56 Å². The maximum absolute atomic E-state index is 13.4. The smallest absolute Gasteiger partial charge is 0.307 e. The molecule has 0 unspecified atom stereocenters. The summed E-state index contributed by atoms with van der Waals surface area (Å²) in [5.74, 6) is -0.848. The molecular formula is C15H15FN2O2. The number of rotatable bonds is 3. The Kier molecular flexibility index (Phi) is 3.79. The van der Waals surface area contributed by atoms with Gasteiger partial charge in [0.1, 0.15) is 5.82 Å². The van der Waals surface area contributed by atoms with Gasteiger partial charge in [0.2, 0.25) is 0 Å². The van der Waals surface area contributed by atoms with Gasteiger partial charge in [-0.2, -0.15) is 0 Å². The van der Waals surface area contributed by atoms with Crippen molar-refractivity contribution in [3.8, 4) is 11.4 Å². The molecule has 20 heavy (non-hydrogen) atoms. The SMILES string of the molecule is Cc1cc(F)cc(-c2nc(C)c(CC(=O)O)c(C)n2)c1. The van der Waals surface area contributed by atoms with Crippen molar-refractivity contribution in [1.82, 2.24) is 9.97 Å². The highest BCUT2D eigenvalue weighted by molar-refractivity contribution is 5.71. The van der Waals surface area contributed by atoms with E-state index in [0.29, 0.717) is 28.3 Å². The Labute approximate surface area is 116 Å². The second-order valence-electron chi connectivity index (χ2n) is 4.78. The number of aromatic nitrogens is 2. The average Bonchev–Trinajstić information content (AvgIpc) is 2.32. The van der Waals surface area contributed by atoms with Gasteiger partial charge in [-0.3, -0.25) is 4.79 Å². The van der Waals surface area contributed by atoms with Crippen LogP contribution in [0.25, 0.3) is 11.4 Å². The van der Waals surface area contributed by atoms with Gasteiger partial charge in [-0.1, -0.05) is 0 Å². The van der Waals surface area contributed by atoms with Gasteiger partial charge in [-0.05, 0) is 44.5 Å². The summed E-state index contributed by atoms with van der Waals surface area (Å²) < 4.78 is 13.4. The number of hydrogen-bond acceptors (Lipinski definition) is 3. The van der Waals surface area contributed by atoms with Gasteiger partial charge in [0, 0.05) is 22.5 Å². The molecule has 0 spiro atoms. The van der Waals surface area contributed by atoms with E-state index >= 15 is 0 Å². The average molecular weight is 274 g/mol. The second kappa shape index (κ2) is 5.36. The molecule has 4 nitrogen and oxygen atoms in total. The third-order valence-corrected chi connectivity index (χ3v) is 3.05. The number of carbonyl (C=O) groups is 1. The van der Waals surface area contributed by atoms with Crippen LogP contribution < -0.4 is 0 Å². The van der Waals surface area contributed by atoms with Gasteiger partial charge >= 0.3 is 5.97 Å². The maximum atomic E-state index is 13.4. The summed E-state index contributed by atoms with van der Waals surface area (Å²) in [6.45, 7) is 5.27. The van der Waals surface area contributed by atoms with Gasteiger partial charge in [0.15, 0.2) is 5.82 Å².